The highest BCUT2D eigenvalue weighted by atomic mass is 19.4. The quantitative estimate of drug-likeness (QED) is 0.521. The normalized spacial score (nSPS) is 20.3. The van der Waals surface area contributed by atoms with Crippen molar-refractivity contribution in [3.63, 3.8) is 0 Å². The Morgan fingerprint density at radius 1 is 1.06 bits per heavy atom. The van der Waals surface area contributed by atoms with E-state index in [1.807, 2.05) is 0 Å². The lowest BCUT2D eigenvalue weighted by atomic mass is 10.0. The molecule has 5 nitrogen and oxygen atoms in total. The molecule has 0 radical (unpaired) electrons. The molecule has 172 valence electrons. The second-order valence-electron chi connectivity index (χ2n) is 8.07. The van der Waals surface area contributed by atoms with Crippen molar-refractivity contribution < 1.29 is 26.3 Å². The zero-order valence-corrected chi connectivity index (χ0v) is 17.0. The zero-order valence-electron chi connectivity index (χ0n) is 17.0. The predicted octanol–water partition coefficient (Wildman–Crippen LogP) is 4.83. The highest BCUT2D eigenvalue weighted by Gasteiger charge is 2.39. The molecule has 5 rings (SSSR count). The molecule has 1 saturated heterocycles. The first-order valence-electron chi connectivity index (χ1n) is 10.2. The van der Waals surface area contributed by atoms with Crippen LogP contribution in [0.4, 0.5) is 26.3 Å². The molecule has 0 aliphatic carbocycles. The molecule has 0 N–H and O–H groups in total. The number of hydrogen-bond donors (Lipinski definition) is 0. The van der Waals surface area contributed by atoms with Gasteiger partial charge in [0.1, 0.15) is 30.2 Å². The minimum Gasteiger partial charge on any atom is -0.346 e. The van der Waals surface area contributed by atoms with Gasteiger partial charge in [-0.05, 0) is 24.3 Å². The summed E-state index contributed by atoms with van der Waals surface area (Å²) in [7, 11) is 0. The number of aliphatic imine (C=N–C) groups is 1. The van der Waals surface area contributed by atoms with E-state index in [0.717, 1.165) is 22.9 Å². The highest BCUT2D eigenvalue weighted by Crippen LogP contribution is 2.38. The number of aromatic nitrogens is 3. The van der Waals surface area contributed by atoms with Gasteiger partial charge in [0.2, 0.25) is 0 Å². The molecular formula is C22H17F6N5. The minimum absolute atomic E-state index is 0.0218. The van der Waals surface area contributed by atoms with Crippen LogP contribution >= 0.6 is 0 Å². The maximum atomic E-state index is 14.5. The van der Waals surface area contributed by atoms with Gasteiger partial charge in [0.05, 0.1) is 31.0 Å². The van der Waals surface area contributed by atoms with Crippen LogP contribution in [-0.2, 0) is 13.1 Å². The van der Waals surface area contributed by atoms with Crippen LogP contribution < -0.4 is 0 Å². The number of amidine groups is 1. The average molecular weight is 465 g/mol. The van der Waals surface area contributed by atoms with Crippen molar-refractivity contribution in [3.05, 3.63) is 71.3 Å². The maximum absolute atomic E-state index is 14.5. The summed E-state index contributed by atoms with van der Waals surface area (Å²) in [5.41, 5.74) is 2.17. The van der Waals surface area contributed by atoms with Gasteiger partial charge in [0.15, 0.2) is 0 Å². The summed E-state index contributed by atoms with van der Waals surface area (Å²) >= 11 is 0. The van der Waals surface area contributed by atoms with E-state index in [4.69, 9.17) is 0 Å². The smallest absolute Gasteiger partial charge is 0.346 e. The lowest BCUT2D eigenvalue weighted by Gasteiger charge is -2.27. The third kappa shape index (κ3) is 4.19. The van der Waals surface area contributed by atoms with Crippen LogP contribution in [0.25, 0.3) is 11.1 Å². The highest BCUT2D eigenvalue weighted by molar-refractivity contribution is 6.02. The van der Waals surface area contributed by atoms with E-state index in [9.17, 15) is 26.3 Å². The molecule has 0 unspecified atom stereocenters. The van der Waals surface area contributed by atoms with Crippen LogP contribution in [0.3, 0.4) is 0 Å². The number of nitrogens with zero attached hydrogens (tertiary/aromatic N) is 5. The molecule has 11 heteroatoms. The molecule has 1 aromatic carbocycles. The average Bonchev–Trinajstić information content (AvgIpc) is 3.46. The molecular weight excluding hydrogens is 448 g/mol. The Morgan fingerprint density at radius 3 is 2.67 bits per heavy atom. The molecule has 2 atom stereocenters. The summed E-state index contributed by atoms with van der Waals surface area (Å²) in [5, 5.41) is 3.75. The first-order valence-corrected chi connectivity index (χ1v) is 10.2. The second-order valence-corrected chi connectivity index (χ2v) is 8.07. The third-order valence-corrected chi connectivity index (χ3v) is 5.74. The molecule has 2 aromatic heterocycles. The number of likely N-dealkylation sites (tertiary alicyclic amines) is 1. The first kappa shape index (κ1) is 21.5. The maximum Gasteiger partial charge on any atom is 0.408 e. The summed E-state index contributed by atoms with van der Waals surface area (Å²) in [6.45, 7) is -1.04. The molecule has 3 aromatic rings. The van der Waals surface area contributed by atoms with Crippen molar-refractivity contribution in [3.8, 4) is 11.1 Å². The Hall–Kier alpha value is -3.37. The lowest BCUT2D eigenvalue weighted by Crippen LogP contribution is -2.32. The fraction of sp³-hybridized carbons (Fsp3) is 0.318. The summed E-state index contributed by atoms with van der Waals surface area (Å²) < 4.78 is 81.4. The van der Waals surface area contributed by atoms with E-state index < -0.39 is 36.6 Å². The van der Waals surface area contributed by atoms with Gasteiger partial charge in [-0.25, -0.2) is 13.2 Å². The Morgan fingerprint density at radius 2 is 1.88 bits per heavy atom. The van der Waals surface area contributed by atoms with Crippen molar-refractivity contribution in [2.45, 2.75) is 37.9 Å². The largest absolute Gasteiger partial charge is 0.408 e. The van der Waals surface area contributed by atoms with Crippen molar-refractivity contribution in [2.75, 3.05) is 6.54 Å². The van der Waals surface area contributed by atoms with Gasteiger partial charge in [-0.3, -0.25) is 14.7 Å². The molecule has 1 fully saturated rings. The van der Waals surface area contributed by atoms with Crippen molar-refractivity contribution >= 4 is 5.84 Å². The summed E-state index contributed by atoms with van der Waals surface area (Å²) in [5.74, 6) is -0.860. The summed E-state index contributed by atoms with van der Waals surface area (Å²) in [6, 6.07) is 4.02. The Labute approximate surface area is 184 Å². The van der Waals surface area contributed by atoms with Crippen LogP contribution in [0.5, 0.6) is 0 Å². The van der Waals surface area contributed by atoms with Gasteiger partial charge in [0, 0.05) is 41.1 Å². The Kier molecular flexibility index (Phi) is 5.13. The molecule has 0 amide bonds. The van der Waals surface area contributed by atoms with Crippen molar-refractivity contribution in [1.29, 1.82) is 0 Å². The molecule has 2 aliphatic rings. The first-order chi connectivity index (χ1) is 15.7. The van der Waals surface area contributed by atoms with E-state index in [-0.39, 0.29) is 25.1 Å². The van der Waals surface area contributed by atoms with Crippen LogP contribution in [0.15, 0.2) is 47.8 Å². The fourth-order valence-corrected chi connectivity index (χ4v) is 4.32. The third-order valence-electron chi connectivity index (χ3n) is 5.74. The van der Waals surface area contributed by atoms with Crippen molar-refractivity contribution in [1.82, 2.24) is 19.7 Å². The number of benzene rings is 1. The number of rotatable bonds is 3. The Bertz CT molecular complexity index is 1230. The van der Waals surface area contributed by atoms with Crippen LogP contribution in [0, 0.1) is 11.6 Å². The van der Waals surface area contributed by atoms with Gasteiger partial charge < -0.3 is 4.90 Å². The topological polar surface area (TPSA) is 46.3 Å². The molecule has 0 spiro atoms. The van der Waals surface area contributed by atoms with E-state index in [2.05, 4.69) is 15.1 Å². The van der Waals surface area contributed by atoms with Gasteiger partial charge >= 0.3 is 6.18 Å². The van der Waals surface area contributed by atoms with E-state index >= 15 is 0 Å². The Balaban J connectivity index is 1.47. The minimum atomic E-state index is -4.40. The number of hydrogen-bond acceptors (Lipinski definition) is 4. The second kappa shape index (κ2) is 7.89. The van der Waals surface area contributed by atoms with Gasteiger partial charge in [-0.1, -0.05) is 0 Å². The molecule has 33 heavy (non-hydrogen) atoms. The van der Waals surface area contributed by atoms with Crippen LogP contribution in [-0.4, -0.2) is 44.4 Å². The van der Waals surface area contributed by atoms with E-state index in [1.165, 1.54) is 18.6 Å². The lowest BCUT2D eigenvalue weighted by molar-refractivity contribution is -0.142. The fourth-order valence-electron chi connectivity index (χ4n) is 4.32. The van der Waals surface area contributed by atoms with E-state index in [1.54, 1.807) is 11.0 Å². The van der Waals surface area contributed by atoms with Crippen molar-refractivity contribution in [2.24, 2.45) is 4.99 Å². The number of pyridine rings is 1. The van der Waals surface area contributed by atoms with Gasteiger partial charge in [-0.15, -0.1) is 0 Å². The molecule has 0 bridgehead atoms. The number of halogens is 6. The SMILES string of the molecule is Fc1ccc(F)c([C@H]2C[C@H](F)CN2C2=NCc3ncc(-c4cnn(CC(F)(F)F)c4)cc32)c1. The van der Waals surface area contributed by atoms with Crippen LogP contribution in [0.2, 0.25) is 0 Å². The summed E-state index contributed by atoms with van der Waals surface area (Å²) in [6.07, 6.45) is -1.61. The molecule has 4 heterocycles. The van der Waals surface area contributed by atoms with Gasteiger partial charge in [-0.2, -0.15) is 18.3 Å². The molecule has 0 saturated carbocycles. The number of alkyl halides is 4. The zero-order chi connectivity index (χ0) is 23.3. The number of fused-ring (bicyclic) bond motifs is 1. The van der Waals surface area contributed by atoms with Gasteiger partial charge in [0.25, 0.3) is 0 Å². The standard InChI is InChI=1S/C22H17F6N5/c23-14-1-2-18(25)16(4-14)20-5-15(24)10-33(20)21-17-3-12(6-29-19(17)8-30-21)13-7-31-32(9-13)11-22(26,27)28/h1-4,6-7,9,15,20H,5,8,10-11H2/t15-,20+/m0/s1. The molecule has 2 aliphatic heterocycles. The van der Waals surface area contributed by atoms with Crippen LogP contribution in [0.1, 0.15) is 29.3 Å². The monoisotopic (exact) mass is 465 g/mol. The predicted molar refractivity (Wildman–Crippen MR) is 107 cm³/mol. The van der Waals surface area contributed by atoms with E-state index in [0.29, 0.717) is 28.2 Å². The summed E-state index contributed by atoms with van der Waals surface area (Å²) in [4.78, 5) is 10.4.